The first kappa shape index (κ1) is 22.4. The molecule has 1 aromatic carbocycles. The van der Waals surface area contributed by atoms with Crippen molar-refractivity contribution in [2.24, 2.45) is 5.14 Å². The van der Waals surface area contributed by atoms with Crippen LogP contribution in [0.4, 0.5) is 5.69 Å². The van der Waals surface area contributed by atoms with E-state index in [9.17, 15) is 18.3 Å². The molecule has 2 aromatic rings. The van der Waals surface area contributed by atoms with Crippen molar-refractivity contribution >= 4 is 33.0 Å². The van der Waals surface area contributed by atoms with Gasteiger partial charge in [-0.25, -0.2) is 18.4 Å². The van der Waals surface area contributed by atoms with Crippen LogP contribution in [0.15, 0.2) is 34.5 Å². The van der Waals surface area contributed by atoms with Crippen LogP contribution < -0.4 is 10.0 Å². The number of benzene rings is 1. The van der Waals surface area contributed by atoms with Crippen molar-refractivity contribution in [1.82, 2.24) is 0 Å². The Morgan fingerprint density at radius 3 is 2.29 bits per heavy atom. The number of hydrogen-bond acceptors (Lipinski definition) is 5. The minimum Gasteiger partial charge on any atom is -0.478 e. The largest absolute Gasteiger partial charge is 0.478 e. The average molecular weight is 425 g/mol. The molecule has 28 heavy (non-hydrogen) atoms. The van der Waals surface area contributed by atoms with Crippen LogP contribution in [0, 0.1) is 0 Å². The summed E-state index contributed by atoms with van der Waals surface area (Å²) in [7, 11) is -4.08. The maximum Gasteiger partial charge on any atom is 0.335 e. The molecular weight excluding hydrogens is 396 g/mol. The molecule has 2 rings (SSSR count). The molecule has 0 aliphatic rings. The number of aromatic carboxylic acids is 1. The van der Waals surface area contributed by atoms with E-state index in [0.717, 1.165) is 43.6 Å². The number of rotatable bonds is 11. The Hall–Kier alpha value is -1.90. The summed E-state index contributed by atoms with van der Waals surface area (Å²) in [4.78, 5) is 14.7. The van der Waals surface area contributed by atoms with Crippen molar-refractivity contribution in [3.05, 3.63) is 45.6 Å². The predicted molar refractivity (Wildman–Crippen MR) is 114 cm³/mol. The first-order valence-corrected chi connectivity index (χ1v) is 11.9. The lowest BCUT2D eigenvalue weighted by molar-refractivity contribution is 0.0696. The van der Waals surface area contributed by atoms with E-state index < -0.39 is 16.0 Å². The van der Waals surface area contributed by atoms with Gasteiger partial charge in [-0.15, -0.1) is 11.3 Å². The fourth-order valence-electron chi connectivity index (χ4n) is 3.11. The van der Waals surface area contributed by atoms with Crippen molar-refractivity contribution in [3.63, 3.8) is 0 Å². The van der Waals surface area contributed by atoms with E-state index >= 15 is 0 Å². The number of nitrogens with zero attached hydrogens (tertiary/aromatic N) is 1. The van der Waals surface area contributed by atoms with E-state index in [2.05, 4.69) is 18.7 Å². The molecule has 0 aliphatic heterocycles. The van der Waals surface area contributed by atoms with Crippen molar-refractivity contribution in [1.29, 1.82) is 0 Å². The Kier molecular flexibility index (Phi) is 8.03. The van der Waals surface area contributed by atoms with Crippen LogP contribution in [0.25, 0.3) is 0 Å². The van der Waals surface area contributed by atoms with Crippen LogP contribution in [-0.4, -0.2) is 32.6 Å². The van der Waals surface area contributed by atoms with Crippen LogP contribution in [0.5, 0.6) is 0 Å². The predicted octanol–water partition coefficient (Wildman–Crippen LogP) is 4.09. The minimum atomic E-state index is -4.08. The highest BCUT2D eigenvalue weighted by atomic mass is 32.2. The summed E-state index contributed by atoms with van der Waals surface area (Å²) in [6.45, 7) is 5.66. The highest BCUT2D eigenvalue weighted by Gasteiger charge is 2.24. The second-order valence-corrected chi connectivity index (χ2v) is 9.33. The molecule has 1 aromatic heterocycles. The fourth-order valence-corrected chi connectivity index (χ4v) is 4.63. The van der Waals surface area contributed by atoms with Gasteiger partial charge in [-0.2, -0.15) is 0 Å². The lowest BCUT2D eigenvalue weighted by atomic mass is 10.0. The number of carboxylic acid groups (broad SMARTS) is 1. The van der Waals surface area contributed by atoms with Gasteiger partial charge in [0.05, 0.1) is 10.5 Å². The van der Waals surface area contributed by atoms with E-state index in [1.54, 1.807) is 6.07 Å². The highest BCUT2D eigenvalue weighted by molar-refractivity contribution is 7.89. The number of hydrogen-bond donors (Lipinski definition) is 2. The van der Waals surface area contributed by atoms with E-state index in [1.807, 2.05) is 17.5 Å². The van der Waals surface area contributed by atoms with E-state index in [0.29, 0.717) is 17.7 Å². The molecule has 0 unspecified atom stereocenters. The number of primary sulfonamides is 1. The quantitative estimate of drug-likeness (QED) is 0.566. The van der Waals surface area contributed by atoms with Crippen LogP contribution in [-0.2, 0) is 16.4 Å². The zero-order chi connectivity index (χ0) is 20.7. The third kappa shape index (κ3) is 5.80. The number of carbonyl (C=O) groups is 1. The summed E-state index contributed by atoms with van der Waals surface area (Å²) in [5.74, 6) is -1.17. The summed E-state index contributed by atoms with van der Waals surface area (Å²) in [6.07, 6.45) is 4.24. The molecule has 0 saturated carbocycles. The molecule has 0 atom stereocenters. The second kappa shape index (κ2) is 10.0. The highest BCUT2D eigenvalue weighted by Crippen LogP contribution is 2.32. The van der Waals surface area contributed by atoms with Gasteiger partial charge in [0.2, 0.25) is 10.0 Å². The van der Waals surface area contributed by atoms with E-state index in [1.165, 1.54) is 17.4 Å². The lowest BCUT2D eigenvalue weighted by Gasteiger charge is -2.28. The summed E-state index contributed by atoms with van der Waals surface area (Å²) < 4.78 is 24.7. The lowest BCUT2D eigenvalue weighted by Crippen LogP contribution is -2.28. The second-order valence-electron chi connectivity index (χ2n) is 6.77. The number of anilines is 1. The third-order valence-corrected chi connectivity index (χ3v) is 6.43. The average Bonchev–Trinajstić information content (AvgIpc) is 3.14. The summed E-state index contributed by atoms with van der Waals surface area (Å²) >= 11 is 1.53. The molecule has 8 heteroatoms. The van der Waals surface area contributed by atoms with Gasteiger partial charge in [0.25, 0.3) is 0 Å². The van der Waals surface area contributed by atoms with Gasteiger partial charge in [0, 0.05) is 35.6 Å². The molecular formula is C20H28N2O4S2. The number of nitrogens with two attached hydrogens (primary N) is 1. The standard InChI is InChI=1S/C20H28N2O4S2/c1-3-5-9-22(10-6-4-2)18-12-15(20(23)24)13-19(28(21,25)26)17(18)14-16-8-7-11-27-16/h7-8,11-13H,3-6,9-10,14H2,1-2H3,(H,23,24)(H2,21,25,26). The first-order valence-electron chi connectivity index (χ1n) is 9.48. The van der Waals surface area contributed by atoms with Crippen LogP contribution in [0.2, 0.25) is 0 Å². The maximum atomic E-state index is 12.3. The molecule has 154 valence electrons. The van der Waals surface area contributed by atoms with Gasteiger partial charge in [0.15, 0.2) is 0 Å². The van der Waals surface area contributed by atoms with Gasteiger partial charge >= 0.3 is 5.97 Å². The fraction of sp³-hybridized carbons (Fsp3) is 0.450. The molecule has 0 bridgehead atoms. The number of unbranched alkanes of at least 4 members (excludes halogenated alkanes) is 2. The minimum absolute atomic E-state index is 0.0630. The summed E-state index contributed by atoms with van der Waals surface area (Å²) in [5, 5.41) is 17.0. The van der Waals surface area contributed by atoms with E-state index in [4.69, 9.17) is 5.14 Å². The van der Waals surface area contributed by atoms with Crippen LogP contribution in [0.3, 0.4) is 0 Å². The molecule has 3 N–H and O–H groups in total. The number of thiophene rings is 1. The van der Waals surface area contributed by atoms with Crippen molar-refractivity contribution in [2.75, 3.05) is 18.0 Å². The van der Waals surface area contributed by atoms with Gasteiger partial charge in [-0.3, -0.25) is 0 Å². The smallest absolute Gasteiger partial charge is 0.335 e. The zero-order valence-corrected chi connectivity index (χ0v) is 18.0. The van der Waals surface area contributed by atoms with Gasteiger partial charge in [-0.1, -0.05) is 32.8 Å². The molecule has 0 amide bonds. The Balaban J connectivity index is 2.69. The first-order chi connectivity index (χ1) is 13.3. The Bertz CT molecular complexity index is 885. The van der Waals surface area contributed by atoms with Crippen molar-refractivity contribution < 1.29 is 18.3 Å². The summed E-state index contributed by atoms with van der Waals surface area (Å²) in [5.41, 5.74) is 1.16. The van der Waals surface area contributed by atoms with Crippen LogP contribution in [0.1, 0.15) is 60.3 Å². The maximum absolute atomic E-state index is 12.3. The Labute approximate surface area is 171 Å². The number of sulfonamides is 1. The summed E-state index contributed by atoms with van der Waals surface area (Å²) in [6, 6.07) is 6.62. The molecule has 1 heterocycles. The number of carboxylic acids is 1. The molecule has 0 aliphatic carbocycles. The third-order valence-electron chi connectivity index (χ3n) is 4.57. The molecule has 6 nitrogen and oxygen atoms in total. The van der Waals surface area contributed by atoms with Gasteiger partial charge < -0.3 is 10.0 Å². The molecule has 0 radical (unpaired) electrons. The SMILES string of the molecule is CCCCN(CCCC)c1cc(C(=O)O)cc(S(N)(=O)=O)c1Cc1cccs1. The van der Waals surface area contributed by atoms with E-state index in [-0.39, 0.29) is 10.5 Å². The molecule has 0 fully saturated rings. The Morgan fingerprint density at radius 1 is 1.18 bits per heavy atom. The zero-order valence-electron chi connectivity index (χ0n) is 16.3. The Morgan fingerprint density at radius 2 is 1.82 bits per heavy atom. The van der Waals surface area contributed by atoms with Gasteiger partial charge in [0.1, 0.15) is 0 Å². The monoisotopic (exact) mass is 424 g/mol. The molecule has 0 saturated heterocycles. The normalized spacial score (nSPS) is 11.5. The molecule has 0 spiro atoms. The topological polar surface area (TPSA) is 101 Å². The van der Waals surface area contributed by atoms with Gasteiger partial charge in [-0.05, 0) is 36.4 Å². The van der Waals surface area contributed by atoms with Crippen molar-refractivity contribution in [3.8, 4) is 0 Å². The van der Waals surface area contributed by atoms with Crippen molar-refractivity contribution in [2.45, 2.75) is 50.8 Å². The van der Waals surface area contributed by atoms with Crippen LogP contribution >= 0.6 is 11.3 Å².